The Labute approximate surface area is 183 Å². The zero-order valence-corrected chi connectivity index (χ0v) is 19.4. The van der Waals surface area contributed by atoms with Gasteiger partial charge in [0.1, 0.15) is 0 Å². The molecule has 0 aliphatic rings. The van der Waals surface area contributed by atoms with Crippen LogP contribution in [-0.4, -0.2) is 17.6 Å². The first-order chi connectivity index (χ1) is 14.3. The molecule has 0 unspecified atom stereocenters. The monoisotopic (exact) mass is 409 g/mol. The third-order valence-corrected chi connectivity index (χ3v) is 4.92. The summed E-state index contributed by atoms with van der Waals surface area (Å²) in [5.41, 5.74) is 6.85. The van der Waals surface area contributed by atoms with Crippen molar-refractivity contribution in [1.29, 1.82) is 0 Å². The number of hydrogen-bond acceptors (Lipinski definition) is 2. The van der Waals surface area contributed by atoms with Gasteiger partial charge in [0.25, 0.3) is 0 Å². The second-order valence-corrected chi connectivity index (χ2v) is 8.31. The van der Waals surface area contributed by atoms with Gasteiger partial charge in [0.2, 0.25) is 5.91 Å². The number of carbonyl (C=O) groups is 1. The zero-order valence-electron chi connectivity index (χ0n) is 19.4. The van der Waals surface area contributed by atoms with E-state index in [1.807, 2.05) is 38.1 Å². The van der Waals surface area contributed by atoms with Gasteiger partial charge in [-0.25, -0.2) is 0 Å². The molecule has 164 valence electrons. The zero-order chi connectivity index (χ0) is 22.4. The maximum absolute atomic E-state index is 12.1. The smallest absolute Gasteiger partial charge is 0.248 e. The molecule has 0 saturated carbocycles. The lowest BCUT2D eigenvalue weighted by molar-refractivity contribution is -0.112. The summed E-state index contributed by atoms with van der Waals surface area (Å²) in [7, 11) is 0. The topological polar surface area (TPSA) is 49.3 Å². The van der Waals surface area contributed by atoms with Gasteiger partial charge < -0.3 is 10.4 Å². The minimum absolute atomic E-state index is 0.0985. The second kappa shape index (κ2) is 14.6. The Hall–Kier alpha value is -2.39. The molecule has 0 aromatic heterocycles. The van der Waals surface area contributed by atoms with Gasteiger partial charge in [-0.1, -0.05) is 52.6 Å². The Balaban J connectivity index is 2.41. The van der Waals surface area contributed by atoms with Gasteiger partial charge in [-0.2, -0.15) is 0 Å². The Bertz CT molecular complexity index is 776. The molecule has 3 heteroatoms. The molecule has 0 radical (unpaired) electrons. The predicted molar refractivity (Wildman–Crippen MR) is 130 cm³/mol. The van der Waals surface area contributed by atoms with Crippen LogP contribution in [0.25, 0.3) is 0 Å². The van der Waals surface area contributed by atoms with Crippen LogP contribution in [0.1, 0.15) is 71.8 Å². The SMILES string of the molecule is CC(C)=CCCC(C)=CCCC(=CCCC(C)=CC(=O)Nc1ccc(C)cc1)CO. The number of hydrogen-bond donors (Lipinski definition) is 2. The summed E-state index contributed by atoms with van der Waals surface area (Å²) in [6.45, 7) is 10.5. The van der Waals surface area contributed by atoms with E-state index in [0.29, 0.717) is 0 Å². The first-order valence-corrected chi connectivity index (χ1v) is 10.9. The molecule has 0 spiro atoms. The molecule has 0 saturated heterocycles. The molecular weight excluding hydrogens is 370 g/mol. The van der Waals surface area contributed by atoms with Gasteiger partial charge in [0.05, 0.1) is 6.61 Å². The number of benzene rings is 1. The summed E-state index contributed by atoms with van der Waals surface area (Å²) < 4.78 is 0. The van der Waals surface area contributed by atoms with Gasteiger partial charge in [0.15, 0.2) is 0 Å². The van der Waals surface area contributed by atoms with Crippen LogP contribution in [0.15, 0.2) is 70.9 Å². The first-order valence-electron chi connectivity index (χ1n) is 10.9. The fourth-order valence-electron chi connectivity index (χ4n) is 3.06. The molecule has 1 amide bonds. The highest BCUT2D eigenvalue weighted by Gasteiger charge is 2.01. The highest BCUT2D eigenvalue weighted by Crippen LogP contribution is 2.14. The number of aryl methyl sites for hydroxylation is 1. The van der Waals surface area contributed by atoms with E-state index < -0.39 is 0 Å². The lowest BCUT2D eigenvalue weighted by atomic mass is 10.0. The first kappa shape index (κ1) is 25.6. The highest BCUT2D eigenvalue weighted by molar-refractivity contribution is 5.99. The van der Waals surface area contributed by atoms with Crippen LogP contribution in [0.5, 0.6) is 0 Å². The number of aliphatic hydroxyl groups is 1. The molecule has 0 atom stereocenters. The van der Waals surface area contributed by atoms with Crippen LogP contribution >= 0.6 is 0 Å². The average Bonchev–Trinajstić information content (AvgIpc) is 2.68. The summed E-state index contributed by atoms with van der Waals surface area (Å²) in [5, 5.41) is 12.5. The number of aliphatic hydroxyl groups excluding tert-OH is 1. The Morgan fingerprint density at radius 3 is 2.10 bits per heavy atom. The van der Waals surface area contributed by atoms with E-state index in [9.17, 15) is 9.90 Å². The summed E-state index contributed by atoms with van der Waals surface area (Å²) in [4.78, 5) is 12.1. The minimum Gasteiger partial charge on any atom is -0.392 e. The van der Waals surface area contributed by atoms with Crippen LogP contribution in [0.2, 0.25) is 0 Å². The van der Waals surface area contributed by atoms with Crippen LogP contribution in [-0.2, 0) is 4.79 Å². The van der Waals surface area contributed by atoms with Gasteiger partial charge in [-0.3, -0.25) is 4.79 Å². The fourth-order valence-corrected chi connectivity index (χ4v) is 3.06. The van der Waals surface area contributed by atoms with Crippen LogP contribution in [0.3, 0.4) is 0 Å². The molecule has 2 N–H and O–H groups in total. The quantitative estimate of drug-likeness (QED) is 0.287. The molecule has 1 aromatic rings. The van der Waals surface area contributed by atoms with Crippen LogP contribution in [0, 0.1) is 6.92 Å². The molecule has 0 bridgehead atoms. The number of amides is 1. The maximum Gasteiger partial charge on any atom is 0.248 e. The molecule has 30 heavy (non-hydrogen) atoms. The van der Waals surface area contributed by atoms with Crippen molar-refractivity contribution in [1.82, 2.24) is 0 Å². The largest absolute Gasteiger partial charge is 0.392 e. The van der Waals surface area contributed by atoms with Gasteiger partial charge >= 0.3 is 0 Å². The van der Waals surface area contributed by atoms with E-state index in [0.717, 1.165) is 55.4 Å². The molecule has 0 aliphatic carbocycles. The van der Waals surface area contributed by atoms with E-state index >= 15 is 0 Å². The van der Waals surface area contributed by atoms with Gasteiger partial charge in [-0.05, 0) is 90.8 Å². The predicted octanol–water partition coefficient (Wildman–Crippen LogP) is 7.05. The Kier molecular flexibility index (Phi) is 12.5. The maximum atomic E-state index is 12.1. The molecule has 0 aliphatic heterocycles. The summed E-state index contributed by atoms with van der Waals surface area (Å²) >= 11 is 0. The highest BCUT2D eigenvalue weighted by atomic mass is 16.3. The lowest BCUT2D eigenvalue weighted by Crippen LogP contribution is -2.08. The molecule has 1 rings (SSSR count). The van der Waals surface area contributed by atoms with E-state index in [2.05, 4.69) is 44.3 Å². The van der Waals surface area contributed by atoms with Gasteiger partial charge in [-0.15, -0.1) is 0 Å². The van der Waals surface area contributed by atoms with Gasteiger partial charge in [0, 0.05) is 11.8 Å². The fraction of sp³-hybridized carbons (Fsp3) is 0.444. The van der Waals surface area contributed by atoms with Crippen molar-refractivity contribution < 1.29 is 9.90 Å². The third kappa shape index (κ3) is 12.2. The molecular formula is C27H39NO2. The molecule has 0 heterocycles. The second-order valence-electron chi connectivity index (χ2n) is 8.31. The number of anilines is 1. The van der Waals surface area contributed by atoms with Crippen LogP contribution < -0.4 is 5.32 Å². The normalized spacial score (nSPS) is 12.7. The standard InChI is InChI=1S/C27H39NO2/c1-21(2)9-6-10-22(3)11-7-13-25(20-29)14-8-12-24(5)19-27(30)28-26-17-15-23(4)16-18-26/h9,11,14-19,29H,6-8,10,12-13,20H2,1-5H3,(H,28,30). The molecule has 3 nitrogen and oxygen atoms in total. The van der Waals surface area contributed by atoms with Crippen molar-refractivity contribution in [3.05, 3.63) is 76.4 Å². The van der Waals surface area contributed by atoms with E-state index in [1.165, 1.54) is 16.7 Å². The minimum atomic E-state index is -0.101. The van der Waals surface area contributed by atoms with E-state index in [-0.39, 0.29) is 12.5 Å². The van der Waals surface area contributed by atoms with Crippen molar-refractivity contribution in [2.45, 2.75) is 73.1 Å². The lowest BCUT2D eigenvalue weighted by Gasteiger charge is -2.05. The average molecular weight is 410 g/mol. The Morgan fingerprint density at radius 1 is 0.867 bits per heavy atom. The van der Waals surface area contributed by atoms with Crippen molar-refractivity contribution in [3.63, 3.8) is 0 Å². The number of carbonyl (C=O) groups excluding carboxylic acids is 1. The van der Waals surface area contributed by atoms with Crippen molar-refractivity contribution in [2.24, 2.45) is 0 Å². The molecule has 1 aromatic carbocycles. The van der Waals surface area contributed by atoms with Crippen molar-refractivity contribution in [2.75, 3.05) is 11.9 Å². The Morgan fingerprint density at radius 2 is 1.47 bits per heavy atom. The van der Waals surface area contributed by atoms with E-state index in [1.54, 1.807) is 6.08 Å². The number of allylic oxidation sites excluding steroid dienone is 6. The van der Waals surface area contributed by atoms with Crippen LogP contribution in [0.4, 0.5) is 5.69 Å². The van der Waals surface area contributed by atoms with Crippen molar-refractivity contribution in [3.8, 4) is 0 Å². The summed E-state index contributed by atoms with van der Waals surface area (Å²) in [6, 6.07) is 7.77. The third-order valence-electron chi connectivity index (χ3n) is 4.92. The number of nitrogens with one attached hydrogen (secondary N) is 1. The summed E-state index contributed by atoms with van der Waals surface area (Å²) in [6.07, 6.45) is 14.0. The number of rotatable bonds is 12. The van der Waals surface area contributed by atoms with E-state index in [4.69, 9.17) is 0 Å². The summed E-state index contributed by atoms with van der Waals surface area (Å²) in [5.74, 6) is -0.101. The van der Waals surface area contributed by atoms with Crippen molar-refractivity contribution >= 4 is 11.6 Å². The molecule has 0 fully saturated rings.